The van der Waals surface area contributed by atoms with Gasteiger partial charge in [0.2, 0.25) is 0 Å². The lowest BCUT2D eigenvalue weighted by Gasteiger charge is -2.36. The van der Waals surface area contributed by atoms with Gasteiger partial charge in [0, 0.05) is 44.6 Å². The van der Waals surface area contributed by atoms with Crippen LogP contribution in [0.3, 0.4) is 0 Å². The summed E-state index contributed by atoms with van der Waals surface area (Å²) >= 11 is 0. The van der Waals surface area contributed by atoms with Crippen molar-refractivity contribution in [1.82, 2.24) is 15.2 Å². The number of nitrogens with one attached hydrogen (secondary N) is 1. The van der Waals surface area contributed by atoms with Crippen LogP contribution in [-0.4, -0.2) is 29.5 Å². The first-order chi connectivity index (χ1) is 10.2. The number of aryl methyl sites for hydroxylation is 1. The molecule has 0 spiro atoms. The van der Waals surface area contributed by atoms with Gasteiger partial charge in [-0.25, -0.2) is 4.39 Å². The molecule has 2 heterocycles. The van der Waals surface area contributed by atoms with Gasteiger partial charge >= 0.3 is 0 Å². The molecule has 1 aromatic heterocycles. The molecule has 0 radical (unpaired) electrons. The smallest absolute Gasteiger partial charge is 0.126 e. The van der Waals surface area contributed by atoms with Gasteiger partial charge in [0.15, 0.2) is 0 Å². The summed E-state index contributed by atoms with van der Waals surface area (Å²) in [4.78, 5) is 6.48. The predicted octanol–water partition coefficient (Wildman–Crippen LogP) is 2.68. The van der Waals surface area contributed by atoms with Crippen LogP contribution in [0.5, 0.6) is 0 Å². The van der Waals surface area contributed by atoms with Gasteiger partial charge in [0.05, 0.1) is 0 Å². The molecule has 1 atom stereocenters. The standard InChI is InChI=1S/C17H20FN3/c1-13-2-3-14(10-16(13)18)12-21-9-8-20-11-17(21)15-4-6-19-7-5-15/h2-7,10,17,20H,8-9,11-12H2,1H3. The van der Waals surface area contributed by atoms with Gasteiger partial charge in [0.25, 0.3) is 0 Å². The maximum atomic E-state index is 13.7. The summed E-state index contributed by atoms with van der Waals surface area (Å²) in [5.74, 6) is -0.122. The molecule has 0 aliphatic carbocycles. The molecule has 3 nitrogen and oxygen atoms in total. The van der Waals surface area contributed by atoms with E-state index in [1.807, 2.05) is 24.5 Å². The van der Waals surface area contributed by atoms with Crippen LogP contribution in [0.2, 0.25) is 0 Å². The second-order valence-corrected chi connectivity index (χ2v) is 5.55. The molecule has 0 bridgehead atoms. The van der Waals surface area contributed by atoms with Crippen LogP contribution in [0.15, 0.2) is 42.7 Å². The number of hydrogen-bond acceptors (Lipinski definition) is 3. The molecular weight excluding hydrogens is 265 g/mol. The molecule has 4 heteroatoms. The minimum atomic E-state index is -0.122. The van der Waals surface area contributed by atoms with E-state index in [0.717, 1.165) is 31.7 Å². The highest BCUT2D eigenvalue weighted by Gasteiger charge is 2.23. The molecule has 1 aliphatic rings. The largest absolute Gasteiger partial charge is 0.314 e. The molecule has 1 fully saturated rings. The van der Waals surface area contributed by atoms with Crippen molar-refractivity contribution in [2.45, 2.75) is 19.5 Å². The molecule has 2 aromatic rings. The van der Waals surface area contributed by atoms with E-state index in [1.54, 1.807) is 13.0 Å². The highest BCUT2D eigenvalue weighted by Crippen LogP contribution is 2.24. The lowest BCUT2D eigenvalue weighted by atomic mass is 10.0. The summed E-state index contributed by atoms with van der Waals surface area (Å²) in [6, 6.07) is 9.95. The van der Waals surface area contributed by atoms with Crippen molar-refractivity contribution in [2.24, 2.45) is 0 Å². The molecule has 1 aliphatic heterocycles. The lowest BCUT2D eigenvalue weighted by Crippen LogP contribution is -2.45. The van der Waals surface area contributed by atoms with Crippen LogP contribution in [0, 0.1) is 12.7 Å². The average molecular weight is 285 g/mol. The van der Waals surface area contributed by atoms with Crippen molar-refractivity contribution in [3.8, 4) is 0 Å². The number of benzene rings is 1. The maximum absolute atomic E-state index is 13.7. The molecule has 1 N–H and O–H groups in total. The van der Waals surface area contributed by atoms with E-state index in [0.29, 0.717) is 11.6 Å². The zero-order valence-corrected chi connectivity index (χ0v) is 12.2. The highest BCUT2D eigenvalue weighted by atomic mass is 19.1. The summed E-state index contributed by atoms with van der Waals surface area (Å²) in [6.07, 6.45) is 3.65. The molecule has 1 aromatic carbocycles. The molecular formula is C17H20FN3. The normalized spacial score (nSPS) is 19.6. The minimum Gasteiger partial charge on any atom is -0.314 e. The van der Waals surface area contributed by atoms with Crippen LogP contribution in [0.25, 0.3) is 0 Å². The highest BCUT2D eigenvalue weighted by molar-refractivity contribution is 5.24. The number of aromatic nitrogens is 1. The van der Waals surface area contributed by atoms with Crippen LogP contribution in [0.1, 0.15) is 22.7 Å². The van der Waals surface area contributed by atoms with Crippen molar-refractivity contribution >= 4 is 0 Å². The first-order valence-electron chi connectivity index (χ1n) is 7.34. The van der Waals surface area contributed by atoms with E-state index in [9.17, 15) is 4.39 Å². The Kier molecular flexibility index (Phi) is 4.27. The maximum Gasteiger partial charge on any atom is 0.126 e. The van der Waals surface area contributed by atoms with E-state index >= 15 is 0 Å². The van der Waals surface area contributed by atoms with Crippen LogP contribution in [0.4, 0.5) is 4.39 Å². The fraction of sp³-hybridized carbons (Fsp3) is 0.353. The van der Waals surface area contributed by atoms with E-state index < -0.39 is 0 Å². The van der Waals surface area contributed by atoms with E-state index in [4.69, 9.17) is 0 Å². The summed E-state index contributed by atoms with van der Waals surface area (Å²) in [7, 11) is 0. The van der Waals surface area contributed by atoms with Gasteiger partial charge < -0.3 is 5.32 Å². The Morgan fingerprint density at radius 3 is 2.86 bits per heavy atom. The average Bonchev–Trinajstić information content (AvgIpc) is 2.52. The van der Waals surface area contributed by atoms with Crippen LogP contribution in [-0.2, 0) is 6.54 Å². The van der Waals surface area contributed by atoms with E-state index in [1.165, 1.54) is 5.56 Å². The second-order valence-electron chi connectivity index (χ2n) is 5.55. The van der Waals surface area contributed by atoms with Gasteiger partial charge in [0.1, 0.15) is 5.82 Å². The third-order valence-electron chi connectivity index (χ3n) is 4.07. The zero-order chi connectivity index (χ0) is 14.7. The van der Waals surface area contributed by atoms with E-state index in [-0.39, 0.29) is 5.82 Å². The molecule has 0 amide bonds. The van der Waals surface area contributed by atoms with Gasteiger partial charge in [-0.15, -0.1) is 0 Å². The van der Waals surface area contributed by atoms with Crippen molar-refractivity contribution in [1.29, 1.82) is 0 Å². The number of hydrogen-bond donors (Lipinski definition) is 1. The Balaban J connectivity index is 1.79. The Morgan fingerprint density at radius 1 is 1.29 bits per heavy atom. The van der Waals surface area contributed by atoms with Crippen molar-refractivity contribution in [3.63, 3.8) is 0 Å². The van der Waals surface area contributed by atoms with Crippen molar-refractivity contribution in [3.05, 3.63) is 65.2 Å². The van der Waals surface area contributed by atoms with Crippen molar-refractivity contribution < 1.29 is 4.39 Å². The Hall–Kier alpha value is -1.78. The zero-order valence-electron chi connectivity index (χ0n) is 12.2. The van der Waals surface area contributed by atoms with E-state index in [2.05, 4.69) is 27.3 Å². The first-order valence-corrected chi connectivity index (χ1v) is 7.34. The first kappa shape index (κ1) is 14.2. The number of pyridine rings is 1. The predicted molar refractivity (Wildman–Crippen MR) is 81.4 cm³/mol. The fourth-order valence-electron chi connectivity index (χ4n) is 2.82. The number of halogens is 1. The number of piperazine rings is 1. The van der Waals surface area contributed by atoms with Gasteiger partial charge in [-0.3, -0.25) is 9.88 Å². The minimum absolute atomic E-state index is 0.122. The Labute approximate surface area is 124 Å². The molecule has 1 unspecified atom stereocenters. The molecule has 21 heavy (non-hydrogen) atoms. The molecule has 0 saturated carbocycles. The van der Waals surface area contributed by atoms with Gasteiger partial charge in [-0.05, 0) is 41.8 Å². The third kappa shape index (κ3) is 3.28. The monoisotopic (exact) mass is 285 g/mol. The summed E-state index contributed by atoms with van der Waals surface area (Å²) in [5, 5.41) is 3.43. The quantitative estimate of drug-likeness (QED) is 0.940. The summed E-state index contributed by atoms with van der Waals surface area (Å²) in [5.41, 5.74) is 2.98. The molecule has 110 valence electrons. The van der Waals surface area contributed by atoms with Crippen LogP contribution >= 0.6 is 0 Å². The number of nitrogens with zero attached hydrogens (tertiary/aromatic N) is 2. The summed E-state index contributed by atoms with van der Waals surface area (Å²) < 4.78 is 13.7. The fourth-order valence-corrected chi connectivity index (χ4v) is 2.82. The number of rotatable bonds is 3. The van der Waals surface area contributed by atoms with Crippen LogP contribution < -0.4 is 5.32 Å². The van der Waals surface area contributed by atoms with Crippen molar-refractivity contribution in [2.75, 3.05) is 19.6 Å². The Bertz CT molecular complexity index is 600. The topological polar surface area (TPSA) is 28.2 Å². The SMILES string of the molecule is Cc1ccc(CN2CCNCC2c2ccncc2)cc1F. The third-order valence-corrected chi connectivity index (χ3v) is 4.07. The second kappa shape index (κ2) is 6.33. The molecule has 1 saturated heterocycles. The Morgan fingerprint density at radius 2 is 2.10 bits per heavy atom. The summed E-state index contributed by atoms with van der Waals surface area (Å²) in [6.45, 7) is 5.41. The van der Waals surface area contributed by atoms with Gasteiger partial charge in [-0.2, -0.15) is 0 Å². The van der Waals surface area contributed by atoms with Gasteiger partial charge in [-0.1, -0.05) is 12.1 Å². The molecule has 3 rings (SSSR count). The lowest BCUT2D eigenvalue weighted by molar-refractivity contribution is 0.153.